The number of hydrogen-bond donors (Lipinski definition) is 0. The van der Waals surface area contributed by atoms with E-state index < -0.39 is 0 Å². The van der Waals surface area contributed by atoms with E-state index >= 15 is 0 Å². The second kappa shape index (κ2) is 11.9. The number of para-hydroxylation sites is 4. The molecule has 0 aliphatic heterocycles. The highest BCUT2D eigenvalue weighted by atomic mass is 16.1. The number of hydrogen-bond acceptors (Lipinski definition) is 2. The van der Waals surface area contributed by atoms with Crippen LogP contribution in [-0.2, 0) is 0 Å². The molecule has 0 bridgehead atoms. The van der Waals surface area contributed by atoms with E-state index in [1.807, 2.05) is 48.5 Å². The standard InChI is InChI=1S/C44H40N2O2/c47-43-33-21-9-13-25-39(33)45(37-23-11-7-19-31(37)29-15-3-1-4-16-29)41-27-36-42(28-35(41)43)46(40-26-14-10-22-34(40)44(36)48)38-24-12-8-20-32(38)30-17-5-2-6-18-30/h7-14,19-30H,1-6,15-18H2. The van der Waals surface area contributed by atoms with E-state index in [0.717, 1.165) is 33.4 Å². The molecule has 0 radical (unpaired) electrons. The summed E-state index contributed by atoms with van der Waals surface area (Å²) in [5.74, 6) is 0.946. The molecule has 2 aliphatic rings. The molecule has 4 nitrogen and oxygen atoms in total. The molecule has 0 amide bonds. The van der Waals surface area contributed by atoms with Crippen LogP contribution < -0.4 is 10.9 Å². The number of rotatable bonds is 4. The first-order chi connectivity index (χ1) is 23.7. The summed E-state index contributed by atoms with van der Waals surface area (Å²) in [5, 5.41) is 2.66. The lowest BCUT2D eigenvalue weighted by atomic mass is 9.83. The van der Waals surface area contributed by atoms with Crippen molar-refractivity contribution in [2.75, 3.05) is 0 Å². The molecule has 2 heterocycles. The normalized spacial score (nSPS) is 16.3. The molecule has 9 rings (SSSR count). The number of aromatic nitrogens is 2. The number of pyridine rings is 2. The molecule has 0 saturated heterocycles. The SMILES string of the molecule is O=c1c2ccccc2n(-c2ccccc2C2CCCCC2)c2cc3c(=O)c4ccccc4n(-c4ccccc4C4CCCCC4)c3cc12. The highest BCUT2D eigenvalue weighted by molar-refractivity contribution is 6.05. The molecule has 0 unspecified atom stereocenters. The zero-order valence-electron chi connectivity index (χ0n) is 27.3. The third-order valence-electron chi connectivity index (χ3n) is 11.3. The molecule has 2 fully saturated rings. The summed E-state index contributed by atoms with van der Waals surface area (Å²) in [5.41, 5.74) is 8.19. The van der Waals surface area contributed by atoms with E-state index in [-0.39, 0.29) is 10.9 Å². The van der Waals surface area contributed by atoms with E-state index in [0.29, 0.717) is 33.4 Å². The first-order valence-electron chi connectivity index (χ1n) is 17.9. The van der Waals surface area contributed by atoms with Crippen LogP contribution in [-0.4, -0.2) is 9.13 Å². The molecule has 2 saturated carbocycles. The van der Waals surface area contributed by atoms with Gasteiger partial charge in [0, 0.05) is 32.9 Å². The van der Waals surface area contributed by atoms with Crippen LogP contribution in [0.4, 0.5) is 0 Å². The Labute approximate surface area is 280 Å². The minimum absolute atomic E-state index is 0.00150. The van der Waals surface area contributed by atoms with Gasteiger partial charge in [-0.1, -0.05) is 99.2 Å². The average Bonchev–Trinajstić information content (AvgIpc) is 3.16. The molecular formula is C44H40N2O2. The van der Waals surface area contributed by atoms with Gasteiger partial charge in [-0.05, 0) is 97.2 Å². The van der Waals surface area contributed by atoms with Gasteiger partial charge in [-0.2, -0.15) is 0 Å². The van der Waals surface area contributed by atoms with Crippen LogP contribution in [0.5, 0.6) is 0 Å². The predicted molar refractivity (Wildman–Crippen MR) is 199 cm³/mol. The van der Waals surface area contributed by atoms with Crippen molar-refractivity contribution in [2.45, 2.75) is 76.0 Å². The van der Waals surface area contributed by atoms with Gasteiger partial charge >= 0.3 is 0 Å². The lowest BCUT2D eigenvalue weighted by Gasteiger charge is -2.27. The molecule has 4 heteroatoms. The summed E-state index contributed by atoms with van der Waals surface area (Å²) in [6.45, 7) is 0. The summed E-state index contributed by atoms with van der Waals surface area (Å²) >= 11 is 0. The zero-order valence-corrected chi connectivity index (χ0v) is 27.3. The monoisotopic (exact) mass is 628 g/mol. The van der Waals surface area contributed by atoms with Crippen LogP contribution in [0, 0.1) is 0 Å². The van der Waals surface area contributed by atoms with Crippen LogP contribution in [0.3, 0.4) is 0 Å². The van der Waals surface area contributed by atoms with Crippen molar-refractivity contribution >= 4 is 43.6 Å². The number of nitrogens with zero attached hydrogens (tertiary/aromatic N) is 2. The summed E-state index contributed by atoms with van der Waals surface area (Å²) in [6, 6.07) is 37.4. The Balaban J connectivity index is 1.42. The molecule has 7 aromatic rings. The molecule has 2 aromatic heterocycles. The molecular weight excluding hydrogens is 588 g/mol. The van der Waals surface area contributed by atoms with Gasteiger partial charge in [0.25, 0.3) is 0 Å². The van der Waals surface area contributed by atoms with Gasteiger partial charge in [0.1, 0.15) is 0 Å². The van der Waals surface area contributed by atoms with E-state index in [4.69, 9.17) is 0 Å². The Morgan fingerprint density at radius 3 is 1.21 bits per heavy atom. The van der Waals surface area contributed by atoms with Gasteiger partial charge in [-0.3, -0.25) is 9.59 Å². The first kappa shape index (κ1) is 29.2. The van der Waals surface area contributed by atoms with E-state index in [2.05, 4.69) is 69.8 Å². The maximum Gasteiger partial charge on any atom is 0.197 e. The van der Waals surface area contributed by atoms with Crippen molar-refractivity contribution in [2.24, 2.45) is 0 Å². The highest BCUT2D eigenvalue weighted by Crippen LogP contribution is 2.40. The number of benzene rings is 5. The molecule has 0 spiro atoms. The van der Waals surface area contributed by atoms with Crippen molar-refractivity contribution in [1.29, 1.82) is 0 Å². The Kier molecular flexibility index (Phi) is 7.26. The fourth-order valence-corrected chi connectivity index (χ4v) is 9.00. The van der Waals surface area contributed by atoms with Crippen LogP contribution in [0.15, 0.2) is 119 Å². The Morgan fingerprint density at radius 1 is 0.396 bits per heavy atom. The van der Waals surface area contributed by atoms with Crippen molar-refractivity contribution in [1.82, 2.24) is 9.13 Å². The van der Waals surface area contributed by atoms with Crippen LogP contribution in [0.1, 0.15) is 87.2 Å². The quantitative estimate of drug-likeness (QED) is 0.182. The van der Waals surface area contributed by atoms with Gasteiger partial charge < -0.3 is 9.13 Å². The van der Waals surface area contributed by atoms with Gasteiger partial charge in [0.15, 0.2) is 10.9 Å². The second-order valence-corrected chi connectivity index (χ2v) is 14.0. The summed E-state index contributed by atoms with van der Waals surface area (Å²) < 4.78 is 4.54. The van der Waals surface area contributed by atoms with Gasteiger partial charge in [0.05, 0.1) is 22.1 Å². The maximum atomic E-state index is 14.5. The number of fused-ring (bicyclic) bond motifs is 4. The smallest absolute Gasteiger partial charge is 0.197 e. The van der Waals surface area contributed by atoms with Gasteiger partial charge in [0.2, 0.25) is 0 Å². The Hall–Kier alpha value is -4.96. The molecule has 0 N–H and O–H groups in total. The summed E-state index contributed by atoms with van der Waals surface area (Å²) in [7, 11) is 0. The third kappa shape index (κ3) is 4.64. The van der Waals surface area contributed by atoms with Gasteiger partial charge in [-0.15, -0.1) is 0 Å². The minimum Gasteiger partial charge on any atom is -0.309 e. The van der Waals surface area contributed by atoms with E-state index in [1.54, 1.807) is 0 Å². The fourth-order valence-electron chi connectivity index (χ4n) is 9.00. The molecule has 238 valence electrons. The fraction of sp³-hybridized carbons (Fsp3) is 0.273. The Bertz CT molecular complexity index is 2300. The minimum atomic E-state index is 0.00150. The molecule has 5 aromatic carbocycles. The van der Waals surface area contributed by atoms with Crippen molar-refractivity contribution < 1.29 is 0 Å². The molecule has 0 atom stereocenters. The van der Waals surface area contributed by atoms with Crippen molar-refractivity contribution in [3.63, 3.8) is 0 Å². The topological polar surface area (TPSA) is 44.0 Å². The average molecular weight is 629 g/mol. The zero-order chi connectivity index (χ0) is 32.2. The van der Waals surface area contributed by atoms with Crippen LogP contribution in [0.25, 0.3) is 55.0 Å². The summed E-state index contributed by atoms with van der Waals surface area (Å²) in [4.78, 5) is 29.0. The van der Waals surface area contributed by atoms with Gasteiger partial charge in [-0.25, -0.2) is 0 Å². The van der Waals surface area contributed by atoms with Crippen molar-refractivity contribution in [3.05, 3.63) is 141 Å². The molecule has 48 heavy (non-hydrogen) atoms. The molecule has 2 aliphatic carbocycles. The second-order valence-electron chi connectivity index (χ2n) is 14.0. The lowest BCUT2D eigenvalue weighted by Crippen LogP contribution is -2.17. The van der Waals surface area contributed by atoms with Crippen molar-refractivity contribution in [3.8, 4) is 11.4 Å². The van der Waals surface area contributed by atoms with Crippen LogP contribution in [0.2, 0.25) is 0 Å². The lowest BCUT2D eigenvalue weighted by molar-refractivity contribution is 0.443. The van der Waals surface area contributed by atoms with E-state index in [1.165, 1.54) is 75.3 Å². The summed E-state index contributed by atoms with van der Waals surface area (Å²) in [6.07, 6.45) is 12.2. The predicted octanol–water partition coefficient (Wildman–Crippen LogP) is 10.7. The largest absolute Gasteiger partial charge is 0.309 e. The first-order valence-corrected chi connectivity index (χ1v) is 17.9. The van der Waals surface area contributed by atoms with E-state index in [9.17, 15) is 9.59 Å². The van der Waals surface area contributed by atoms with Crippen LogP contribution >= 0.6 is 0 Å². The Morgan fingerprint density at radius 2 is 0.771 bits per heavy atom. The maximum absolute atomic E-state index is 14.5. The highest BCUT2D eigenvalue weighted by Gasteiger charge is 2.24. The third-order valence-corrected chi connectivity index (χ3v) is 11.3.